The Kier molecular flexibility index (Phi) is 4.11. The molecular formula is C18H14Cl2N4O. The number of rotatable bonds is 3. The standard InChI is InChI=1S/C18H14Cl2N4O/c1-25-13-5-2-11(3-6-13)16-9-17(24-18(23-16)21-10-22-24)14-7-4-12(19)8-15(14)20/h2-10,17H,1H3,(H,21,22,23)/t17-/m1/s1. The largest absolute Gasteiger partial charge is 0.497 e. The van der Waals surface area contributed by atoms with Gasteiger partial charge in [-0.05, 0) is 53.6 Å². The molecule has 0 aliphatic carbocycles. The number of aromatic nitrogens is 3. The second kappa shape index (κ2) is 6.43. The fraction of sp³-hybridized carbons (Fsp3) is 0.111. The van der Waals surface area contributed by atoms with Crippen LogP contribution in [0.5, 0.6) is 5.75 Å². The molecule has 3 aromatic rings. The average molecular weight is 373 g/mol. The summed E-state index contributed by atoms with van der Waals surface area (Å²) in [4.78, 5) is 4.30. The highest BCUT2D eigenvalue weighted by atomic mass is 35.5. The Bertz CT molecular complexity index is 950. The SMILES string of the molecule is COc1ccc(C2=C[C@H](c3ccc(Cl)cc3Cl)n3ncnc3N2)cc1. The number of hydrogen-bond acceptors (Lipinski definition) is 4. The number of allylic oxidation sites excluding steroid dienone is 1. The second-order valence-corrected chi connectivity index (χ2v) is 6.42. The number of ether oxygens (including phenoxy) is 1. The number of nitrogens with zero attached hydrogens (tertiary/aromatic N) is 3. The number of nitrogens with one attached hydrogen (secondary N) is 1. The van der Waals surface area contributed by atoms with Gasteiger partial charge < -0.3 is 10.1 Å². The fourth-order valence-electron chi connectivity index (χ4n) is 2.84. The molecule has 0 fully saturated rings. The molecule has 1 atom stereocenters. The number of fused-ring (bicyclic) bond motifs is 1. The van der Waals surface area contributed by atoms with Crippen molar-refractivity contribution in [1.29, 1.82) is 0 Å². The predicted molar refractivity (Wildman–Crippen MR) is 99.2 cm³/mol. The Hall–Kier alpha value is -2.50. The number of halogens is 2. The molecule has 1 N–H and O–H groups in total. The smallest absolute Gasteiger partial charge is 0.226 e. The molecular weight excluding hydrogens is 359 g/mol. The molecule has 0 saturated carbocycles. The van der Waals surface area contributed by atoms with Crippen LogP contribution in [0, 0.1) is 0 Å². The molecule has 0 amide bonds. The second-order valence-electron chi connectivity index (χ2n) is 5.57. The first-order chi connectivity index (χ1) is 12.2. The van der Waals surface area contributed by atoms with E-state index in [4.69, 9.17) is 27.9 Å². The van der Waals surface area contributed by atoms with Crippen molar-refractivity contribution in [3.63, 3.8) is 0 Å². The van der Waals surface area contributed by atoms with Gasteiger partial charge in [0, 0.05) is 15.7 Å². The van der Waals surface area contributed by atoms with Gasteiger partial charge >= 0.3 is 0 Å². The third kappa shape index (κ3) is 2.97. The van der Waals surface area contributed by atoms with E-state index in [1.165, 1.54) is 6.33 Å². The van der Waals surface area contributed by atoms with E-state index in [1.807, 2.05) is 36.4 Å². The van der Waals surface area contributed by atoms with E-state index in [-0.39, 0.29) is 6.04 Å². The summed E-state index contributed by atoms with van der Waals surface area (Å²) in [5, 5.41) is 8.81. The van der Waals surface area contributed by atoms with E-state index in [1.54, 1.807) is 17.9 Å². The molecule has 0 unspecified atom stereocenters. The number of methoxy groups -OCH3 is 1. The molecule has 0 saturated heterocycles. The van der Waals surface area contributed by atoms with Crippen molar-refractivity contribution < 1.29 is 4.74 Å². The fourth-order valence-corrected chi connectivity index (χ4v) is 3.36. The van der Waals surface area contributed by atoms with Crippen LogP contribution < -0.4 is 10.1 Å². The zero-order chi connectivity index (χ0) is 17.4. The van der Waals surface area contributed by atoms with Crippen molar-refractivity contribution >= 4 is 34.8 Å². The maximum absolute atomic E-state index is 6.42. The summed E-state index contributed by atoms with van der Waals surface area (Å²) in [5.74, 6) is 1.46. The van der Waals surface area contributed by atoms with E-state index in [0.717, 1.165) is 22.6 Å². The molecule has 2 heterocycles. The third-order valence-electron chi connectivity index (χ3n) is 4.09. The highest BCUT2D eigenvalue weighted by Gasteiger charge is 2.25. The molecule has 1 aliphatic rings. The number of benzene rings is 2. The zero-order valence-corrected chi connectivity index (χ0v) is 14.8. The quantitative estimate of drug-likeness (QED) is 0.726. The summed E-state index contributed by atoms with van der Waals surface area (Å²) in [6, 6.07) is 13.1. The van der Waals surface area contributed by atoms with Crippen molar-refractivity contribution in [1.82, 2.24) is 14.8 Å². The molecule has 0 radical (unpaired) electrons. The molecule has 5 nitrogen and oxygen atoms in total. The maximum atomic E-state index is 6.42. The van der Waals surface area contributed by atoms with Crippen molar-refractivity contribution in [2.45, 2.75) is 6.04 Å². The predicted octanol–water partition coefficient (Wildman–Crippen LogP) is 4.65. The van der Waals surface area contributed by atoms with Gasteiger partial charge in [0.25, 0.3) is 0 Å². The molecule has 2 aromatic carbocycles. The number of anilines is 1. The molecule has 0 spiro atoms. The van der Waals surface area contributed by atoms with Crippen molar-refractivity contribution in [3.8, 4) is 5.75 Å². The van der Waals surface area contributed by atoms with Gasteiger partial charge in [-0.1, -0.05) is 29.3 Å². The first kappa shape index (κ1) is 16.0. The van der Waals surface area contributed by atoms with Gasteiger partial charge in [0.1, 0.15) is 18.1 Å². The van der Waals surface area contributed by atoms with E-state index >= 15 is 0 Å². The molecule has 7 heteroatoms. The minimum atomic E-state index is -0.180. The van der Waals surface area contributed by atoms with Crippen molar-refractivity contribution in [2.75, 3.05) is 12.4 Å². The molecule has 25 heavy (non-hydrogen) atoms. The number of hydrogen-bond donors (Lipinski definition) is 1. The Morgan fingerprint density at radius 2 is 1.92 bits per heavy atom. The van der Waals surface area contributed by atoms with E-state index in [0.29, 0.717) is 16.0 Å². The highest BCUT2D eigenvalue weighted by Crippen LogP contribution is 2.36. The van der Waals surface area contributed by atoms with E-state index in [9.17, 15) is 0 Å². The van der Waals surface area contributed by atoms with E-state index < -0.39 is 0 Å². The van der Waals surface area contributed by atoms with Gasteiger partial charge in [0.2, 0.25) is 5.95 Å². The summed E-state index contributed by atoms with van der Waals surface area (Å²) < 4.78 is 7.02. The Morgan fingerprint density at radius 1 is 1.12 bits per heavy atom. The topological polar surface area (TPSA) is 52.0 Å². The van der Waals surface area contributed by atoms with Gasteiger partial charge in [-0.3, -0.25) is 0 Å². The molecule has 1 aliphatic heterocycles. The van der Waals surface area contributed by atoms with Crippen LogP contribution in [0.3, 0.4) is 0 Å². The molecule has 1 aromatic heterocycles. The van der Waals surface area contributed by atoms with Gasteiger partial charge in [-0.15, -0.1) is 0 Å². The Morgan fingerprint density at radius 3 is 2.64 bits per heavy atom. The Balaban J connectivity index is 1.80. The highest BCUT2D eigenvalue weighted by molar-refractivity contribution is 6.35. The van der Waals surface area contributed by atoms with Crippen LogP contribution in [-0.2, 0) is 0 Å². The lowest BCUT2D eigenvalue weighted by molar-refractivity contribution is 0.415. The summed E-state index contributed by atoms with van der Waals surface area (Å²) in [6.45, 7) is 0. The van der Waals surface area contributed by atoms with Crippen LogP contribution in [-0.4, -0.2) is 21.9 Å². The van der Waals surface area contributed by atoms with Crippen LogP contribution >= 0.6 is 23.2 Å². The minimum Gasteiger partial charge on any atom is -0.497 e. The lowest BCUT2D eigenvalue weighted by atomic mass is 10.0. The molecule has 0 bridgehead atoms. The van der Waals surface area contributed by atoms with Crippen molar-refractivity contribution in [3.05, 3.63) is 76.0 Å². The Labute approximate surface area is 154 Å². The van der Waals surface area contributed by atoms with E-state index in [2.05, 4.69) is 21.5 Å². The molecule has 126 valence electrons. The van der Waals surface area contributed by atoms with Crippen LogP contribution in [0.1, 0.15) is 17.2 Å². The molecule has 4 rings (SSSR count). The van der Waals surface area contributed by atoms with Crippen LogP contribution in [0.4, 0.5) is 5.95 Å². The summed E-state index contributed by atoms with van der Waals surface area (Å²) >= 11 is 12.4. The van der Waals surface area contributed by atoms with Gasteiger partial charge in [0.05, 0.1) is 7.11 Å². The maximum Gasteiger partial charge on any atom is 0.226 e. The average Bonchev–Trinajstić information content (AvgIpc) is 3.10. The van der Waals surface area contributed by atoms with Gasteiger partial charge in [-0.25, -0.2) is 4.68 Å². The van der Waals surface area contributed by atoms with Crippen LogP contribution in [0.2, 0.25) is 10.0 Å². The minimum absolute atomic E-state index is 0.180. The lowest BCUT2D eigenvalue weighted by Gasteiger charge is -2.25. The summed E-state index contributed by atoms with van der Waals surface area (Å²) in [7, 11) is 1.65. The summed E-state index contributed by atoms with van der Waals surface area (Å²) in [6.07, 6.45) is 3.59. The first-order valence-electron chi connectivity index (χ1n) is 7.63. The van der Waals surface area contributed by atoms with Crippen molar-refractivity contribution in [2.24, 2.45) is 0 Å². The van der Waals surface area contributed by atoms with Gasteiger partial charge in [0.15, 0.2) is 0 Å². The monoisotopic (exact) mass is 372 g/mol. The normalized spacial score (nSPS) is 16.0. The summed E-state index contributed by atoms with van der Waals surface area (Å²) in [5.41, 5.74) is 2.86. The van der Waals surface area contributed by atoms with Gasteiger partial charge in [-0.2, -0.15) is 10.1 Å². The third-order valence-corrected chi connectivity index (χ3v) is 4.65. The van der Waals surface area contributed by atoms with Crippen LogP contribution in [0.15, 0.2) is 54.9 Å². The zero-order valence-electron chi connectivity index (χ0n) is 13.3. The lowest BCUT2D eigenvalue weighted by Crippen LogP contribution is -2.20. The first-order valence-corrected chi connectivity index (χ1v) is 8.39. The van der Waals surface area contributed by atoms with Crippen LogP contribution in [0.25, 0.3) is 5.70 Å².